The van der Waals surface area contributed by atoms with Crippen molar-refractivity contribution >= 4 is 16.6 Å². The number of anilines is 1. The lowest BCUT2D eigenvalue weighted by molar-refractivity contribution is 0.443. The molecule has 0 unspecified atom stereocenters. The minimum Gasteiger partial charge on any atom is -0.371 e. The Hall–Kier alpha value is -1.61. The Kier molecular flexibility index (Phi) is 3.15. The molecular weight excluding hydrogens is 222 g/mol. The Bertz CT molecular complexity index is 525. The van der Waals surface area contributed by atoms with Gasteiger partial charge >= 0.3 is 0 Å². The van der Waals surface area contributed by atoms with E-state index in [0.29, 0.717) is 6.04 Å². The van der Waals surface area contributed by atoms with Gasteiger partial charge in [-0.2, -0.15) is 0 Å². The van der Waals surface area contributed by atoms with Gasteiger partial charge in [-0.1, -0.05) is 6.07 Å². The molecule has 0 radical (unpaired) electrons. The summed E-state index contributed by atoms with van der Waals surface area (Å²) in [4.78, 5) is 6.91. The Morgan fingerprint density at radius 2 is 2.00 bits per heavy atom. The molecule has 1 aliphatic rings. The lowest BCUT2D eigenvalue weighted by Gasteiger charge is -2.34. The van der Waals surface area contributed by atoms with Gasteiger partial charge in [-0.05, 0) is 44.2 Å². The molecule has 2 heterocycles. The van der Waals surface area contributed by atoms with E-state index in [1.807, 2.05) is 12.3 Å². The van der Waals surface area contributed by atoms with Gasteiger partial charge in [0, 0.05) is 36.4 Å². The lowest BCUT2D eigenvalue weighted by atomic mass is 10.0. The van der Waals surface area contributed by atoms with Gasteiger partial charge in [0.05, 0.1) is 5.52 Å². The van der Waals surface area contributed by atoms with Crippen LogP contribution in [0.3, 0.4) is 0 Å². The molecule has 1 aliphatic heterocycles. The predicted octanol–water partition coefficient (Wildman–Crippen LogP) is 2.42. The smallest absolute Gasteiger partial charge is 0.0722 e. The zero-order valence-electron chi connectivity index (χ0n) is 10.8. The second kappa shape index (κ2) is 4.94. The third kappa shape index (κ3) is 2.06. The first-order valence-corrected chi connectivity index (χ1v) is 6.64. The third-order valence-corrected chi connectivity index (χ3v) is 3.87. The quantitative estimate of drug-likeness (QED) is 0.875. The molecule has 1 aromatic heterocycles. The maximum Gasteiger partial charge on any atom is 0.0722 e. The zero-order valence-corrected chi connectivity index (χ0v) is 10.8. The van der Waals surface area contributed by atoms with E-state index in [2.05, 4.69) is 46.5 Å². The van der Waals surface area contributed by atoms with Crippen molar-refractivity contribution < 1.29 is 0 Å². The number of fused-ring (bicyclic) bond motifs is 1. The second-order valence-electron chi connectivity index (χ2n) is 4.90. The largest absolute Gasteiger partial charge is 0.371 e. The number of hydrogen-bond acceptors (Lipinski definition) is 3. The second-order valence-corrected chi connectivity index (χ2v) is 4.90. The van der Waals surface area contributed by atoms with Crippen molar-refractivity contribution in [2.24, 2.45) is 0 Å². The van der Waals surface area contributed by atoms with Gasteiger partial charge in [0.2, 0.25) is 0 Å². The van der Waals surface area contributed by atoms with Gasteiger partial charge < -0.3 is 10.2 Å². The number of nitrogens with one attached hydrogen (secondary N) is 1. The summed E-state index contributed by atoms with van der Waals surface area (Å²) in [6.07, 6.45) is 4.29. The van der Waals surface area contributed by atoms with E-state index in [4.69, 9.17) is 0 Å². The Morgan fingerprint density at radius 1 is 1.17 bits per heavy atom. The highest BCUT2D eigenvalue weighted by molar-refractivity contribution is 5.91. The summed E-state index contributed by atoms with van der Waals surface area (Å²) in [7, 11) is 2.06. The molecule has 3 rings (SSSR count). The average molecular weight is 241 g/mol. The molecule has 18 heavy (non-hydrogen) atoms. The van der Waals surface area contributed by atoms with Crippen LogP contribution in [0.4, 0.5) is 5.69 Å². The highest BCUT2D eigenvalue weighted by Crippen LogP contribution is 2.27. The van der Waals surface area contributed by atoms with E-state index in [-0.39, 0.29) is 0 Å². The lowest BCUT2D eigenvalue weighted by Crippen LogP contribution is -2.41. The van der Waals surface area contributed by atoms with Gasteiger partial charge in [0.15, 0.2) is 0 Å². The summed E-state index contributed by atoms with van der Waals surface area (Å²) in [6.45, 7) is 2.25. The molecule has 0 spiro atoms. The fourth-order valence-electron chi connectivity index (χ4n) is 2.77. The Labute approximate surface area is 108 Å². The number of benzene rings is 1. The number of piperidine rings is 1. The number of rotatable bonds is 2. The topological polar surface area (TPSA) is 28.2 Å². The van der Waals surface area contributed by atoms with Gasteiger partial charge in [-0.25, -0.2) is 0 Å². The number of pyridine rings is 1. The fourth-order valence-corrected chi connectivity index (χ4v) is 2.77. The standard InChI is InChI=1S/C15H19N3/c1-16-12-7-10-18(11-8-12)15-6-2-5-14-13(15)4-3-9-17-14/h2-6,9,12,16H,7-8,10-11H2,1H3. The van der Waals surface area contributed by atoms with Crippen molar-refractivity contribution in [3.8, 4) is 0 Å². The van der Waals surface area contributed by atoms with E-state index < -0.39 is 0 Å². The van der Waals surface area contributed by atoms with E-state index in [1.165, 1.54) is 23.9 Å². The van der Waals surface area contributed by atoms with Crippen LogP contribution in [0.1, 0.15) is 12.8 Å². The van der Waals surface area contributed by atoms with Gasteiger partial charge in [0.25, 0.3) is 0 Å². The van der Waals surface area contributed by atoms with E-state index >= 15 is 0 Å². The summed E-state index contributed by atoms with van der Waals surface area (Å²) in [5.74, 6) is 0. The number of nitrogens with zero attached hydrogens (tertiary/aromatic N) is 2. The molecule has 1 saturated heterocycles. The summed E-state index contributed by atoms with van der Waals surface area (Å²) in [6, 6.07) is 11.3. The Balaban J connectivity index is 1.91. The number of aromatic nitrogens is 1. The first kappa shape index (κ1) is 11.5. The minimum absolute atomic E-state index is 0.675. The van der Waals surface area contributed by atoms with Crippen LogP contribution in [0.2, 0.25) is 0 Å². The third-order valence-electron chi connectivity index (χ3n) is 3.87. The van der Waals surface area contributed by atoms with Crippen molar-refractivity contribution in [2.45, 2.75) is 18.9 Å². The van der Waals surface area contributed by atoms with Crippen LogP contribution < -0.4 is 10.2 Å². The van der Waals surface area contributed by atoms with E-state index in [1.54, 1.807) is 0 Å². The molecule has 3 nitrogen and oxygen atoms in total. The van der Waals surface area contributed by atoms with Gasteiger partial charge in [-0.3, -0.25) is 4.98 Å². The summed E-state index contributed by atoms with van der Waals surface area (Å²) < 4.78 is 0. The monoisotopic (exact) mass is 241 g/mol. The maximum absolute atomic E-state index is 4.43. The van der Waals surface area contributed by atoms with Gasteiger partial charge in [-0.15, -0.1) is 0 Å². The first-order valence-electron chi connectivity index (χ1n) is 6.64. The minimum atomic E-state index is 0.675. The zero-order chi connectivity index (χ0) is 12.4. The molecule has 1 fully saturated rings. The molecule has 1 N–H and O–H groups in total. The van der Waals surface area contributed by atoms with Crippen LogP contribution in [0.5, 0.6) is 0 Å². The molecule has 0 bridgehead atoms. The molecule has 1 aromatic carbocycles. The van der Waals surface area contributed by atoms with Gasteiger partial charge in [0.1, 0.15) is 0 Å². The summed E-state index contributed by atoms with van der Waals surface area (Å²) in [5.41, 5.74) is 2.42. The maximum atomic E-state index is 4.43. The highest BCUT2D eigenvalue weighted by atomic mass is 15.1. The van der Waals surface area contributed by atoms with Crippen LogP contribution in [0.25, 0.3) is 10.9 Å². The van der Waals surface area contributed by atoms with Crippen molar-refractivity contribution in [3.63, 3.8) is 0 Å². The molecule has 94 valence electrons. The molecule has 3 heteroatoms. The molecular formula is C15H19N3. The van der Waals surface area contributed by atoms with Crippen LogP contribution in [0, 0.1) is 0 Å². The highest BCUT2D eigenvalue weighted by Gasteiger charge is 2.19. The molecule has 0 aliphatic carbocycles. The summed E-state index contributed by atoms with van der Waals surface area (Å²) in [5, 5.41) is 4.64. The van der Waals surface area contributed by atoms with Crippen molar-refractivity contribution in [1.82, 2.24) is 10.3 Å². The van der Waals surface area contributed by atoms with Crippen LogP contribution in [-0.4, -0.2) is 31.2 Å². The molecule has 2 aromatic rings. The van der Waals surface area contributed by atoms with Crippen LogP contribution in [0.15, 0.2) is 36.5 Å². The summed E-state index contributed by atoms with van der Waals surface area (Å²) >= 11 is 0. The first-order chi connectivity index (χ1) is 8.88. The predicted molar refractivity (Wildman–Crippen MR) is 76.0 cm³/mol. The average Bonchev–Trinajstić information content (AvgIpc) is 2.47. The van der Waals surface area contributed by atoms with Crippen LogP contribution in [-0.2, 0) is 0 Å². The fraction of sp³-hybridized carbons (Fsp3) is 0.400. The SMILES string of the molecule is CNC1CCN(c2cccc3ncccc23)CC1. The molecule has 0 amide bonds. The van der Waals surface area contributed by atoms with E-state index in [0.717, 1.165) is 18.6 Å². The van der Waals surface area contributed by atoms with E-state index in [9.17, 15) is 0 Å². The molecule has 0 saturated carbocycles. The molecule has 0 atom stereocenters. The van der Waals surface area contributed by atoms with Crippen molar-refractivity contribution in [3.05, 3.63) is 36.5 Å². The van der Waals surface area contributed by atoms with Crippen molar-refractivity contribution in [1.29, 1.82) is 0 Å². The Morgan fingerprint density at radius 3 is 2.78 bits per heavy atom. The van der Waals surface area contributed by atoms with Crippen LogP contribution >= 0.6 is 0 Å². The normalized spacial score (nSPS) is 17.3. The van der Waals surface area contributed by atoms with Crippen molar-refractivity contribution in [2.75, 3.05) is 25.0 Å². The number of hydrogen-bond donors (Lipinski definition) is 1.